The second-order valence-electron chi connectivity index (χ2n) is 6.55. The molecule has 32 heavy (non-hydrogen) atoms. The molecule has 0 saturated carbocycles. The molecule has 0 fully saturated rings. The van der Waals surface area contributed by atoms with Crippen molar-refractivity contribution in [2.24, 2.45) is 5.11 Å². The van der Waals surface area contributed by atoms with Gasteiger partial charge in [0.1, 0.15) is 6.61 Å². The van der Waals surface area contributed by atoms with Crippen LogP contribution in [-0.4, -0.2) is 73.9 Å². The summed E-state index contributed by atoms with van der Waals surface area (Å²) >= 11 is 0. The van der Waals surface area contributed by atoms with Gasteiger partial charge in [0.05, 0.1) is 19.2 Å². The van der Waals surface area contributed by atoms with Crippen LogP contribution in [0.5, 0.6) is 0 Å². The molecule has 1 aliphatic heterocycles. The number of hydrogen-bond acceptors (Lipinski definition) is 11. The van der Waals surface area contributed by atoms with E-state index < -0.39 is 72.5 Å². The third kappa shape index (κ3) is 7.80. The zero-order valence-electron chi connectivity index (χ0n) is 18.1. The summed E-state index contributed by atoms with van der Waals surface area (Å²) in [5.41, 5.74) is 8.94. The zero-order chi connectivity index (χ0) is 24.4. The Balaban J connectivity index is 3.57. The van der Waals surface area contributed by atoms with Crippen molar-refractivity contribution < 1.29 is 47.7 Å². The number of ether oxygens (including phenoxy) is 5. The van der Waals surface area contributed by atoms with E-state index in [0.717, 1.165) is 34.0 Å². The van der Waals surface area contributed by atoms with Crippen LogP contribution < -0.4 is 5.32 Å². The van der Waals surface area contributed by atoms with Gasteiger partial charge in [0.15, 0.2) is 18.3 Å². The lowest BCUT2D eigenvalue weighted by atomic mass is 9.92. The summed E-state index contributed by atoms with van der Waals surface area (Å²) in [6, 6.07) is -2.35. The number of azide groups is 1. The molecule has 14 nitrogen and oxygen atoms in total. The number of nitrogens with one attached hydrogen (secondary N) is 1. The number of esters is 4. The predicted molar refractivity (Wildman–Crippen MR) is 103 cm³/mol. The van der Waals surface area contributed by atoms with Crippen molar-refractivity contribution in [3.05, 3.63) is 22.3 Å². The van der Waals surface area contributed by atoms with Gasteiger partial charge in [-0.25, -0.2) is 4.79 Å². The Labute approximate surface area is 182 Å². The van der Waals surface area contributed by atoms with Gasteiger partial charge in [-0.15, -0.1) is 0 Å². The quantitative estimate of drug-likeness (QED) is 0.163. The second kappa shape index (κ2) is 12.2. The van der Waals surface area contributed by atoms with E-state index >= 15 is 0 Å². The molecule has 1 N–H and O–H groups in total. The number of hydrogen-bond donors (Lipinski definition) is 1. The fraction of sp³-hybridized carbons (Fsp3) is 0.611. The van der Waals surface area contributed by atoms with Crippen LogP contribution in [0.15, 0.2) is 16.9 Å². The standard InChI is InChI=1S/C18H24N4O10/c1-8(23)20-15-12(21-22-19)6-13(18(27)28-5)32-17(15)16(31-11(4)26)14(30-10(3)25)7-29-9(2)24/h6,12,14-17H,7H2,1-5H3,(H,20,23)/t12?,14-,15?,16-,17?/m1/s1. The molecule has 1 heterocycles. The minimum Gasteiger partial charge on any atom is -0.477 e. The summed E-state index contributed by atoms with van der Waals surface area (Å²) in [5.74, 6) is -4.27. The molecule has 0 aliphatic carbocycles. The van der Waals surface area contributed by atoms with Crippen molar-refractivity contribution in [3.8, 4) is 0 Å². The van der Waals surface area contributed by atoms with Gasteiger partial charge >= 0.3 is 23.9 Å². The Hall–Kier alpha value is -3.80. The number of amides is 1. The smallest absolute Gasteiger partial charge is 0.372 e. The van der Waals surface area contributed by atoms with E-state index in [-0.39, 0.29) is 0 Å². The molecule has 1 rings (SSSR count). The minimum atomic E-state index is -1.50. The van der Waals surface area contributed by atoms with Crippen LogP contribution in [0.4, 0.5) is 0 Å². The Morgan fingerprint density at radius 3 is 2.22 bits per heavy atom. The van der Waals surface area contributed by atoms with Crippen LogP contribution in [0, 0.1) is 0 Å². The molecule has 0 aromatic carbocycles. The molecule has 0 spiro atoms. The fourth-order valence-corrected chi connectivity index (χ4v) is 2.92. The lowest BCUT2D eigenvalue weighted by molar-refractivity contribution is -0.187. The average Bonchev–Trinajstić information content (AvgIpc) is 2.69. The third-order valence-electron chi connectivity index (χ3n) is 4.01. The molecule has 176 valence electrons. The zero-order valence-corrected chi connectivity index (χ0v) is 18.1. The lowest BCUT2D eigenvalue weighted by Crippen LogP contribution is -2.61. The van der Waals surface area contributed by atoms with Crippen LogP contribution in [0.2, 0.25) is 0 Å². The molecule has 0 aromatic rings. The first-order chi connectivity index (χ1) is 15.0. The highest BCUT2D eigenvalue weighted by Gasteiger charge is 2.47. The highest BCUT2D eigenvalue weighted by Crippen LogP contribution is 2.28. The Morgan fingerprint density at radius 2 is 1.75 bits per heavy atom. The largest absolute Gasteiger partial charge is 0.477 e. The normalized spacial score (nSPS) is 21.3. The third-order valence-corrected chi connectivity index (χ3v) is 4.01. The van der Waals surface area contributed by atoms with Gasteiger partial charge in [-0.05, 0) is 11.6 Å². The van der Waals surface area contributed by atoms with E-state index in [0.29, 0.717) is 0 Å². The molecule has 0 saturated heterocycles. The number of carbonyl (C=O) groups is 5. The maximum absolute atomic E-state index is 12.1. The van der Waals surface area contributed by atoms with Crippen LogP contribution in [0.25, 0.3) is 10.4 Å². The van der Waals surface area contributed by atoms with Gasteiger partial charge in [-0.3, -0.25) is 19.2 Å². The van der Waals surface area contributed by atoms with Crippen molar-refractivity contribution in [2.75, 3.05) is 13.7 Å². The molecule has 3 unspecified atom stereocenters. The van der Waals surface area contributed by atoms with Crippen LogP contribution in [0.1, 0.15) is 27.7 Å². The number of carbonyl (C=O) groups excluding carboxylic acids is 5. The maximum Gasteiger partial charge on any atom is 0.372 e. The van der Waals surface area contributed by atoms with Gasteiger partial charge in [0.2, 0.25) is 11.7 Å². The van der Waals surface area contributed by atoms with Gasteiger partial charge in [0, 0.05) is 32.6 Å². The first-order valence-electron chi connectivity index (χ1n) is 9.26. The minimum absolute atomic E-state index is 0.400. The van der Waals surface area contributed by atoms with Crippen LogP contribution in [0.3, 0.4) is 0 Å². The molecule has 5 atom stereocenters. The molecule has 0 bridgehead atoms. The highest BCUT2D eigenvalue weighted by atomic mass is 16.6. The summed E-state index contributed by atoms with van der Waals surface area (Å²) in [6.07, 6.45) is -3.19. The van der Waals surface area contributed by atoms with Gasteiger partial charge in [-0.2, -0.15) is 0 Å². The highest BCUT2D eigenvalue weighted by molar-refractivity contribution is 5.86. The number of rotatable bonds is 9. The summed E-state index contributed by atoms with van der Waals surface area (Å²) in [4.78, 5) is 61.4. The fourth-order valence-electron chi connectivity index (χ4n) is 2.92. The van der Waals surface area contributed by atoms with E-state index in [1.165, 1.54) is 6.92 Å². The van der Waals surface area contributed by atoms with E-state index in [1.807, 2.05) is 0 Å². The number of nitrogens with zero attached hydrogens (tertiary/aromatic N) is 3. The Kier molecular flexibility index (Phi) is 9.96. The molecule has 1 aliphatic rings. The molecule has 14 heteroatoms. The first kappa shape index (κ1) is 26.2. The second-order valence-corrected chi connectivity index (χ2v) is 6.55. The lowest BCUT2D eigenvalue weighted by Gasteiger charge is -2.40. The number of methoxy groups -OCH3 is 1. The van der Waals surface area contributed by atoms with Crippen molar-refractivity contribution in [2.45, 2.75) is 58.1 Å². The molecular formula is C18H24N4O10. The van der Waals surface area contributed by atoms with E-state index in [4.69, 9.17) is 24.5 Å². The molecule has 0 aromatic heterocycles. The van der Waals surface area contributed by atoms with Crippen molar-refractivity contribution >= 4 is 29.8 Å². The summed E-state index contributed by atoms with van der Waals surface area (Å²) in [7, 11) is 1.08. The molecular weight excluding hydrogens is 432 g/mol. The Bertz CT molecular complexity index is 836. The first-order valence-corrected chi connectivity index (χ1v) is 9.26. The van der Waals surface area contributed by atoms with Gasteiger partial charge < -0.3 is 29.0 Å². The van der Waals surface area contributed by atoms with Crippen LogP contribution in [-0.2, 0) is 47.7 Å². The van der Waals surface area contributed by atoms with Crippen molar-refractivity contribution in [1.82, 2.24) is 5.32 Å². The van der Waals surface area contributed by atoms with E-state index in [2.05, 4.69) is 20.1 Å². The maximum atomic E-state index is 12.1. The van der Waals surface area contributed by atoms with E-state index in [9.17, 15) is 24.0 Å². The molecule has 0 radical (unpaired) electrons. The van der Waals surface area contributed by atoms with E-state index in [1.54, 1.807) is 0 Å². The summed E-state index contributed by atoms with van der Waals surface area (Å²) < 4.78 is 25.6. The summed E-state index contributed by atoms with van der Waals surface area (Å²) in [6.45, 7) is 3.87. The summed E-state index contributed by atoms with van der Waals surface area (Å²) in [5, 5.41) is 6.07. The van der Waals surface area contributed by atoms with Gasteiger partial charge in [0.25, 0.3) is 0 Å². The Morgan fingerprint density at radius 1 is 1.12 bits per heavy atom. The molecule has 1 amide bonds. The average molecular weight is 456 g/mol. The topological polar surface area (TPSA) is 192 Å². The van der Waals surface area contributed by atoms with Crippen molar-refractivity contribution in [1.29, 1.82) is 0 Å². The predicted octanol–water partition coefficient (Wildman–Crippen LogP) is 0.0522. The monoisotopic (exact) mass is 456 g/mol. The van der Waals surface area contributed by atoms with Gasteiger partial charge in [-0.1, -0.05) is 5.11 Å². The van der Waals surface area contributed by atoms with Crippen LogP contribution >= 0.6 is 0 Å². The SMILES string of the molecule is COC(=O)C1=CC(N=[N+]=[N-])C(NC(C)=O)C([C@H](OC(C)=O)[C@@H](COC(C)=O)OC(C)=O)O1. The van der Waals surface area contributed by atoms with Crippen molar-refractivity contribution in [3.63, 3.8) is 0 Å².